The van der Waals surface area contributed by atoms with Crippen molar-refractivity contribution in [2.75, 3.05) is 6.26 Å². The molecule has 2 aromatic heterocycles. The zero-order valence-electron chi connectivity index (χ0n) is 14.6. The molecular formula is C17H22N4O2S. The Kier molecular flexibility index (Phi) is 4.62. The molecule has 1 atom stereocenters. The third kappa shape index (κ3) is 3.17. The number of carbonyl (C=O) groups excluding carboxylic acids is 1. The van der Waals surface area contributed by atoms with E-state index in [2.05, 4.69) is 20.4 Å². The number of amides is 1. The number of hydrogen-bond acceptors (Lipinski definition) is 6. The summed E-state index contributed by atoms with van der Waals surface area (Å²) >= 11 is 1.49. The molecule has 2 aromatic rings. The van der Waals surface area contributed by atoms with Crippen LogP contribution in [0.25, 0.3) is 0 Å². The molecule has 3 rings (SSSR count). The highest BCUT2D eigenvalue weighted by atomic mass is 32.2. The van der Waals surface area contributed by atoms with Crippen molar-refractivity contribution in [3.8, 4) is 0 Å². The van der Waals surface area contributed by atoms with Gasteiger partial charge in [0.1, 0.15) is 16.6 Å². The molecule has 1 aliphatic rings. The number of aryl methyl sites for hydroxylation is 3. The van der Waals surface area contributed by atoms with Gasteiger partial charge in [0.05, 0.1) is 23.0 Å². The maximum absolute atomic E-state index is 12.8. The summed E-state index contributed by atoms with van der Waals surface area (Å²) < 4.78 is 5.19. The zero-order chi connectivity index (χ0) is 17.4. The molecule has 0 spiro atoms. The van der Waals surface area contributed by atoms with E-state index in [1.807, 2.05) is 34.0 Å². The van der Waals surface area contributed by atoms with Gasteiger partial charge in [-0.1, -0.05) is 5.16 Å². The van der Waals surface area contributed by atoms with Gasteiger partial charge in [-0.05, 0) is 46.8 Å². The molecule has 1 saturated carbocycles. The summed E-state index contributed by atoms with van der Waals surface area (Å²) in [4.78, 5) is 22.0. The van der Waals surface area contributed by atoms with E-state index in [0.717, 1.165) is 46.4 Å². The minimum absolute atomic E-state index is 0.160. The number of rotatable bonds is 5. The molecule has 24 heavy (non-hydrogen) atoms. The highest BCUT2D eigenvalue weighted by molar-refractivity contribution is 7.98. The summed E-state index contributed by atoms with van der Waals surface area (Å²) in [6.45, 7) is 7.53. The topological polar surface area (TPSA) is 80.9 Å². The first-order valence-corrected chi connectivity index (χ1v) is 9.31. The van der Waals surface area contributed by atoms with Crippen LogP contribution in [0.2, 0.25) is 0 Å². The van der Waals surface area contributed by atoms with Gasteiger partial charge in [0, 0.05) is 11.5 Å². The second-order valence-electron chi connectivity index (χ2n) is 6.26. The van der Waals surface area contributed by atoms with Crippen LogP contribution >= 0.6 is 11.8 Å². The monoisotopic (exact) mass is 346 g/mol. The van der Waals surface area contributed by atoms with Crippen LogP contribution in [0.1, 0.15) is 70.6 Å². The van der Waals surface area contributed by atoms with Crippen LogP contribution in [0, 0.1) is 20.8 Å². The summed E-state index contributed by atoms with van der Waals surface area (Å²) in [7, 11) is 0. The highest BCUT2D eigenvalue weighted by Crippen LogP contribution is 2.39. The van der Waals surface area contributed by atoms with Crippen LogP contribution in [0.15, 0.2) is 9.55 Å². The number of nitrogens with zero attached hydrogens (tertiary/aromatic N) is 3. The molecule has 0 aromatic carbocycles. The number of carbonyl (C=O) groups is 1. The number of nitrogens with one attached hydrogen (secondary N) is 1. The van der Waals surface area contributed by atoms with E-state index in [9.17, 15) is 4.79 Å². The lowest BCUT2D eigenvalue weighted by atomic mass is 10.1. The Morgan fingerprint density at radius 3 is 2.50 bits per heavy atom. The van der Waals surface area contributed by atoms with Gasteiger partial charge in [-0.25, -0.2) is 9.97 Å². The Labute approximate surface area is 145 Å². The van der Waals surface area contributed by atoms with Gasteiger partial charge in [-0.2, -0.15) is 0 Å². The van der Waals surface area contributed by atoms with E-state index < -0.39 is 0 Å². The SMILES string of the molecule is CSc1nc(C2CC2)nc(C)c1C(=O)NC(C)c1c(C)noc1C. The van der Waals surface area contributed by atoms with Gasteiger partial charge in [0.2, 0.25) is 0 Å². The Bertz CT molecular complexity index is 764. The minimum Gasteiger partial charge on any atom is -0.361 e. The first kappa shape index (κ1) is 17.0. The van der Waals surface area contributed by atoms with Crippen molar-refractivity contribution in [1.82, 2.24) is 20.4 Å². The Balaban J connectivity index is 1.87. The summed E-state index contributed by atoms with van der Waals surface area (Å²) in [6.07, 6.45) is 4.22. The molecule has 6 nitrogen and oxygen atoms in total. The second-order valence-corrected chi connectivity index (χ2v) is 7.05. The molecule has 1 fully saturated rings. The van der Waals surface area contributed by atoms with E-state index in [0.29, 0.717) is 11.5 Å². The average Bonchev–Trinajstić information content (AvgIpc) is 3.31. The average molecular weight is 346 g/mol. The van der Waals surface area contributed by atoms with Crippen molar-refractivity contribution < 1.29 is 9.32 Å². The molecule has 0 saturated heterocycles. The fourth-order valence-electron chi connectivity index (χ4n) is 2.95. The normalized spacial score (nSPS) is 15.4. The first-order chi connectivity index (χ1) is 11.4. The molecule has 128 valence electrons. The summed E-state index contributed by atoms with van der Waals surface area (Å²) in [5.41, 5.74) is 3.01. The molecule has 0 radical (unpaired) electrons. The number of hydrogen-bond donors (Lipinski definition) is 1. The highest BCUT2D eigenvalue weighted by Gasteiger charge is 2.29. The van der Waals surface area contributed by atoms with Crippen molar-refractivity contribution in [2.45, 2.75) is 57.5 Å². The van der Waals surface area contributed by atoms with E-state index in [1.165, 1.54) is 11.8 Å². The van der Waals surface area contributed by atoms with Crippen LogP contribution < -0.4 is 5.32 Å². The number of thioether (sulfide) groups is 1. The molecule has 0 bridgehead atoms. The predicted octanol–water partition coefficient (Wildman–Crippen LogP) is 3.48. The molecule has 1 aliphatic carbocycles. The van der Waals surface area contributed by atoms with E-state index in [4.69, 9.17) is 4.52 Å². The molecule has 1 unspecified atom stereocenters. The minimum atomic E-state index is -0.194. The molecule has 7 heteroatoms. The quantitative estimate of drug-likeness (QED) is 0.659. The molecule has 0 aliphatic heterocycles. The van der Waals surface area contributed by atoms with Crippen LogP contribution in [-0.2, 0) is 0 Å². The lowest BCUT2D eigenvalue weighted by Gasteiger charge is -2.16. The van der Waals surface area contributed by atoms with Crippen molar-refractivity contribution in [2.24, 2.45) is 0 Å². The summed E-state index contributed by atoms with van der Waals surface area (Å²) in [5.74, 6) is 1.90. The van der Waals surface area contributed by atoms with Gasteiger partial charge >= 0.3 is 0 Å². The van der Waals surface area contributed by atoms with Crippen molar-refractivity contribution in [3.63, 3.8) is 0 Å². The Hall–Kier alpha value is -1.89. The second kappa shape index (κ2) is 6.55. The van der Waals surface area contributed by atoms with E-state index >= 15 is 0 Å². The predicted molar refractivity (Wildman–Crippen MR) is 92.4 cm³/mol. The maximum atomic E-state index is 12.8. The van der Waals surface area contributed by atoms with Gasteiger partial charge in [0.25, 0.3) is 5.91 Å². The van der Waals surface area contributed by atoms with Gasteiger partial charge < -0.3 is 9.84 Å². The fraction of sp³-hybridized carbons (Fsp3) is 0.529. The lowest BCUT2D eigenvalue weighted by molar-refractivity contribution is 0.0934. The van der Waals surface area contributed by atoms with Gasteiger partial charge in [0.15, 0.2) is 0 Å². The Morgan fingerprint density at radius 2 is 1.96 bits per heavy atom. The third-order valence-electron chi connectivity index (χ3n) is 4.31. The molecule has 2 heterocycles. The van der Waals surface area contributed by atoms with Crippen LogP contribution in [0.3, 0.4) is 0 Å². The zero-order valence-corrected chi connectivity index (χ0v) is 15.5. The van der Waals surface area contributed by atoms with Gasteiger partial charge in [-0.15, -0.1) is 11.8 Å². The smallest absolute Gasteiger partial charge is 0.256 e. The first-order valence-electron chi connectivity index (χ1n) is 8.08. The Morgan fingerprint density at radius 1 is 1.25 bits per heavy atom. The molecular weight excluding hydrogens is 324 g/mol. The van der Waals surface area contributed by atoms with Crippen LogP contribution in [0.5, 0.6) is 0 Å². The largest absolute Gasteiger partial charge is 0.361 e. The third-order valence-corrected chi connectivity index (χ3v) is 4.99. The van der Waals surface area contributed by atoms with Crippen LogP contribution in [-0.4, -0.2) is 27.3 Å². The standard InChI is InChI=1S/C17H22N4O2S/c1-8(13-10(3)21-23-11(13)4)19-16(22)14-9(2)18-15(12-6-7-12)20-17(14)24-5/h8,12H,6-7H2,1-5H3,(H,19,22). The molecule has 1 amide bonds. The number of aromatic nitrogens is 3. The van der Waals surface area contributed by atoms with E-state index in [-0.39, 0.29) is 11.9 Å². The summed E-state index contributed by atoms with van der Waals surface area (Å²) in [6, 6.07) is -0.194. The van der Waals surface area contributed by atoms with Crippen LogP contribution in [0.4, 0.5) is 0 Å². The molecule has 1 N–H and O–H groups in total. The van der Waals surface area contributed by atoms with E-state index in [1.54, 1.807) is 0 Å². The van der Waals surface area contributed by atoms with Gasteiger partial charge in [-0.3, -0.25) is 4.79 Å². The van der Waals surface area contributed by atoms with Crippen molar-refractivity contribution >= 4 is 17.7 Å². The van der Waals surface area contributed by atoms with Crippen molar-refractivity contribution in [1.29, 1.82) is 0 Å². The fourth-order valence-corrected chi connectivity index (χ4v) is 3.58. The summed E-state index contributed by atoms with van der Waals surface area (Å²) in [5, 5.41) is 7.72. The van der Waals surface area contributed by atoms with Crippen molar-refractivity contribution in [3.05, 3.63) is 34.1 Å². The lowest BCUT2D eigenvalue weighted by Crippen LogP contribution is -2.29. The maximum Gasteiger partial charge on any atom is 0.256 e.